The second-order valence-electron chi connectivity index (χ2n) is 7.30. The van der Waals surface area contributed by atoms with Crippen LogP contribution >= 0.6 is 0 Å². The van der Waals surface area contributed by atoms with Crippen LogP contribution in [-0.2, 0) is 15.4 Å². The average Bonchev–Trinajstić information content (AvgIpc) is 2.46. The smallest absolute Gasteiger partial charge is 0.243 e. The van der Waals surface area contributed by atoms with E-state index in [1.165, 1.54) is 0 Å². The Bertz CT molecular complexity index is 619. The molecule has 2 rings (SSSR count). The van der Waals surface area contributed by atoms with Gasteiger partial charge in [-0.15, -0.1) is 0 Å². The van der Waals surface area contributed by atoms with E-state index in [4.69, 9.17) is 0 Å². The van der Waals surface area contributed by atoms with E-state index in [0.717, 1.165) is 18.4 Å². The van der Waals surface area contributed by atoms with Gasteiger partial charge in [0, 0.05) is 19.2 Å². The lowest BCUT2D eigenvalue weighted by Crippen LogP contribution is -2.46. The Morgan fingerprint density at radius 2 is 1.86 bits per heavy atom. The first kappa shape index (κ1) is 17.4. The van der Waals surface area contributed by atoms with E-state index in [1.807, 2.05) is 39.8 Å². The molecular formula is C17H27NO3S. The average molecular weight is 325 g/mol. The van der Waals surface area contributed by atoms with Gasteiger partial charge in [-0.05, 0) is 42.7 Å². The van der Waals surface area contributed by atoms with E-state index in [9.17, 15) is 13.5 Å². The molecule has 4 nitrogen and oxygen atoms in total. The van der Waals surface area contributed by atoms with E-state index in [-0.39, 0.29) is 24.0 Å². The maximum absolute atomic E-state index is 13.2. The minimum Gasteiger partial charge on any atom is -0.396 e. The van der Waals surface area contributed by atoms with Crippen molar-refractivity contribution in [2.45, 2.75) is 56.9 Å². The van der Waals surface area contributed by atoms with Crippen molar-refractivity contribution >= 4 is 10.0 Å². The topological polar surface area (TPSA) is 57.6 Å². The number of piperidine rings is 1. The maximum atomic E-state index is 13.2. The van der Waals surface area contributed by atoms with Crippen LogP contribution in [0, 0.1) is 5.92 Å². The van der Waals surface area contributed by atoms with Crippen molar-refractivity contribution in [3.63, 3.8) is 0 Å². The Kier molecular flexibility index (Phi) is 5.00. The molecule has 0 saturated carbocycles. The van der Waals surface area contributed by atoms with Crippen LogP contribution in [0.15, 0.2) is 29.2 Å². The lowest BCUT2D eigenvalue weighted by Gasteiger charge is -2.37. The molecule has 2 unspecified atom stereocenters. The fourth-order valence-corrected chi connectivity index (χ4v) is 5.21. The molecule has 0 amide bonds. The van der Waals surface area contributed by atoms with Gasteiger partial charge in [-0.25, -0.2) is 8.42 Å². The molecule has 0 spiro atoms. The summed E-state index contributed by atoms with van der Waals surface area (Å²) in [5.74, 6) is 0.0350. The third-order valence-corrected chi connectivity index (χ3v) is 6.50. The van der Waals surface area contributed by atoms with Crippen LogP contribution in [0.4, 0.5) is 0 Å². The zero-order valence-electron chi connectivity index (χ0n) is 13.9. The highest BCUT2D eigenvalue weighted by Gasteiger charge is 2.36. The summed E-state index contributed by atoms with van der Waals surface area (Å²) in [4.78, 5) is 0.396. The summed E-state index contributed by atoms with van der Waals surface area (Å²) in [6, 6.07) is 7.23. The van der Waals surface area contributed by atoms with Gasteiger partial charge in [0.25, 0.3) is 0 Å². The summed E-state index contributed by atoms with van der Waals surface area (Å²) in [5, 5.41) is 9.39. The van der Waals surface area contributed by atoms with Crippen molar-refractivity contribution in [1.82, 2.24) is 4.31 Å². The zero-order chi connectivity index (χ0) is 16.5. The Balaban J connectivity index is 2.47. The van der Waals surface area contributed by atoms with Crippen LogP contribution in [0.5, 0.6) is 0 Å². The van der Waals surface area contributed by atoms with Gasteiger partial charge < -0.3 is 5.11 Å². The second-order valence-corrected chi connectivity index (χ2v) is 9.15. The predicted molar refractivity (Wildman–Crippen MR) is 88.3 cm³/mol. The Labute approximate surface area is 134 Å². The SMILES string of the molecule is CC1CCC(CO)CN1S(=O)(=O)c1ccccc1C(C)(C)C. The lowest BCUT2D eigenvalue weighted by atomic mass is 9.87. The van der Waals surface area contributed by atoms with Crippen molar-refractivity contribution in [3.05, 3.63) is 29.8 Å². The van der Waals surface area contributed by atoms with E-state index in [0.29, 0.717) is 11.4 Å². The molecular weight excluding hydrogens is 298 g/mol. The highest BCUT2D eigenvalue weighted by atomic mass is 32.2. The van der Waals surface area contributed by atoms with Crippen LogP contribution in [0.3, 0.4) is 0 Å². The molecule has 124 valence electrons. The summed E-state index contributed by atoms with van der Waals surface area (Å²) in [5.41, 5.74) is 0.604. The number of sulfonamides is 1. The maximum Gasteiger partial charge on any atom is 0.243 e. The number of rotatable bonds is 3. The van der Waals surface area contributed by atoms with Gasteiger partial charge in [-0.1, -0.05) is 39.0 Å². The van der Waals surface area contributed by atoms with Crippen LogP contribution < -0.4 is 0 Å². The third-order valence-electron chi connectivity index (χ3n) is 4.46. The third kappa shape index (κ3) is 3.36. The van der Waals surface area contributed by atoms with Gasteiger partial charge in [0.05, 0.1) is 4.90 Å². The van der Waals surface area contributed by atoms with Gasteiger partial charge in [0.2, 0.25) is 10.0 Å². The minimum atomic E-state index is -3.55. The van der Waals surface area contributed by atoms with Gasteiger partial charge >= 0.3 is 0 Å². The summed E-state index contributed by atoms with van der Waals surface area (Å²) < 4.78 is 27.9. The summed E-state index contributed by atoms with van der Waals surface area (Å²) in [6.45, 7) is 8.47. The number of aliphatic hydroxyl groups excluding tert-OH is 1. The Morgan fingerprint density at radius 3 is 2.45 bits per heavy atom. The van der Waals surface area contributed by atoms with Crippen LogP contribution in [0.1, 0.15) is 46.1 Å². The van der Waals surface area contributed by atoms with Crippen LogP contribution in [-0.4, -0.2) is 37.0 Å². The van der Waals surface area contributed by atoms with Crippen molar-refractivity contribution in [1.29, 1.82) is 0 Å². The Morgan fingerprint density at radius 1 is 1.23 bits per heavy atom. The first-order valence-corrected chi connectivity index (χ1v) is 9.34. The summed E-state index contributed by atoms with van der Waals surface area (Å²) in [6.07, 6.45) is 1.67. The van der Waals surface area contributed by atoms with Crippen molar-refractivity contribution < 1.29 is 13.5 Å². The molecule has 1 saturated heterocycles. The standard InChI is InChI=1S/C17H27NO3S/c1-13-9-10-14(12-19)11-18(13)22(20,21)16-8-6-5-7-15(16)17(2,3)4/h5-8,13-14,19H,9-12H2,1-4H3. The van der Waals surface area contributed by atoms with E-state index in [2.05, 4.69) is 0 Å². The van der Waals surface area contributed by atoms with Crippen LogP contribution in [0.2, 0.25) is 0 Å². The van der Waals surface area contributed by atoms with Gasteiger partial charge in [-0.3, -0.25) is 0 Å². The fourth-order valence-electron chi connectivity index (χ4n) is 3.07. The van der Waals surface area contributed by atoms with E-state index >= 15 is 0 Å². The molecule has 5 heteroatoms. The number of hydrogen-bond acceptors (Lipinski definition) is 3. The number of hydrogen-bond donors (Lipinski definition) is 1. The lowest BCUT2D eigenvalue weighted by molar-refractivity contribution is 0.139. The predicted octanol–water partition coefficient (Wildman–Crippen LogP) is 2.77. The monoisotopic (exact) mass is 325 g/mol. The van der Waals surface area contributed by atoms with E-state index in [1.54, 1.807) is 16.4 Å². The normalized spacial score (nSPS) is 24.4. The Hall–Kier alpha value is -0.910. The molecule has 1 aliphatic rings. The van der Waals surface area contributed by atoms with Crippen molar-refractivity contribution in [3.8, 4) is 0 Å². The number of nitrogens with zero attached hydrogens (tertiary/aromatic N) is 1. The molecule has 1 aromatic rings. The molecule has 1 heterocycles. The largest absolute Gasteiger partial charge is 0.396 e. The fraction of sp³-hybridized carbons (Fsp3) is 0.647. The minimum absolute atomic E-state index is 0.0270. The molecule has 0 bridgehead atoms. The summed E-state index contributed by atoms with van der Waals surface area (Å²) >= 11 is 0. The zero-order valence-corrected chi connectivity index (χ0v) is 14.7. The molecule has 1 fully saturated rings. The molecule has 0 aromatic heterocycles. The molecule has 0 aliphatic carbocycles. The molecule has 22 heavy (non-hydrogen) atoms. The van der Waals surface area contributed by atoms with Gasteiger partial charge in [-0.2, -0.15) is 4.31 Å². The number of aliphatic hydroxyl groups is 1. The van der Waals surface area contributed by atoms with Crippen LogP contribution in [0.25, 0.3) is 0 Å². The highest BCUT2D eigenvalue weighted by Crippen LogP contribution is 2.33. The molecule has 0 radical (unpaired) electrons. The highest BCUT2D eigenvalue weighted by molar-refractivity contribution is 7.89. The quantitative estimate of drug-likeness (QED) is 0.929. The van der Waals surface area contributed by atoms with Gasteiger partial charge in [0.1, 0.15) is 0 Å². The number of benzene rings is 1. The first-order valence-electron chi connectivity index (χ1n) is 7.90. The molecule has 1 aliphatic heterocycles. The second kappa shape index (κ2) is 6.30. The van der Waals surface area contributed by atoms with Crippen molar-refractivity contribution in [2.75, 3.05) is 13.2 Å². The molecule has 1 N–H and O–H groups in total. The molecule has 1 aromatic carbocycles. The van der Waals surface area contributed by atoms with Gasteiger partial charge in [0.15, 0.2) is 0 Å². The summed E-state index contributed by atoms with van der Waals surface area (Å²) in [7, 11) is -3.55. The first-order chi connectivity index (χ1) is 10.2. The van der Waals surface area contributed by atoms with E-state index < -0.39 is 10.0 Å². The van der Waals surface area contributed by atoms with Crippen molar-refractivity contribution in [2.24, 2.45) is 5.92 Å². The molecule has 2 atom stereocenters.